The molecule has 0 spiro atoms. The highest BCUT2D eigenvalue weighted by molar-refractivity contribution is 6.42. The second-order valence-electron chi connectivity index (χ2n) is 4.81. The van der Waals surface area contributed by atoms with Gasteiger partial charge in [0.25, 0.3) is 0 Å². The molecule has 1 aromatic rings. The summed E-state index contributed by atoms with van der Waals surface area (Å²) in [6, 6.07) is 7.07. The average Bonchev–Trinajstić information content (AvgIpc) is 2.59. The van der Waals surface area contributed by atoms with Crippen LogP contribution in [0.4, 0.5) is 0 Å². The summed E-state index contributed by atoms with van der Waals surface area (Å²) < 4.78 is 5.16. The number of esters is 1. The molecule has 1 aliphatic rings. The minimum absolute atomic E-state index is 0.0336. The first kappa shape index (κ1) is 14.6. The van der Waals surface area contributed by atoms with Crippen LogP contribution < -0.4 is 0 Å². The molecule has 0 amide bonds. The summed E-state index contributed by atoms with van der Waals surface area (Å²) in [4.78, 5) is 11.6. The lowest BCUT2D eigenvalue weighted by atomic mass is 9.95. The van der Waals surface area contributed by atoms with Crippen molar-refractivity contribution in [3.05, 3.63) is 51.0 Å². The van der Waals surface area contributed by atoms with Gasteiger partial charge < -0.3 is 4.74 Å². The Morgan fingerprint density at radius 2 is 1.95 bits per heavy atom. The highest BCUT2D eigenvalue weighted by Gasteiger charge is 2.39. The van der Waals surface area contributed by atoms with E-state index in [0.29, 0.717) is 15.6 Å². The Morgan fingerprint density at radius 3 is 2.55 bits per heavy atom. The lowest BCUT2D eigenvalue weighted by Crippen LogP contribution is -2.22. The zero-order valence-corrected chi connectivity index (χ0v) is 12.4. The Hall–Kier alpha value is -1.76. The van der Waals surface area contributed by atoms with E-state index in [-0.39, 0.29) is 5.57 Å². The third-order valence-electron chi connectivity index (χ3n) is 2.97. The number of hydrogen-bond donors (Lipinski definition) is 0. The summed E-state index contributed by atoms with van der Waals surface area (Å²) in [7, 11) is 0. The lowest BCUT2D eigenvalue weighted by Gasteiger charge is -2.18. The predicted octanol–water partition coefficient (Wildman–Crippen LogP) is 4.16. The molecule has 1 heterocycles. The molecule has 2 rings (SSSR count). The molecular weight excluding hydrogens is 297 g/mol. The molecule has 20 heavy (non-hydrogen) atoms. The summed E-state index contributed by atoms with van der Waals surface area (Å²) in [5.74, 6) is -0.591. The standard InChI is InChI=1S/C15H11Cl2NO2/c1-15(2)11(10(8-18)14(19)20-15)5-3-9-4-6-12(16)13(17)7-9/h3-7H,1-2H3/b5-3+. The van der Waals surface area contributed by atoms with Gasteiger partial charge in [0, 0.05) is 5.57 Å². The summed E-state index contributed by atoms with van der Waals surface area (Å²) in [5.41, 5.74) is 0.594. The molecule has 3 nitrogen and oxygen atoms in total. The van der Waals surface area contributed by atoms with Gasteiger partial charge in [0.15, 0.2) is 0 Å². The highest BCUT2D eigenvalue weighted by Crippen LogP contribution is 2.33. The largest absolute Gasteiger partial charge is 0.451 e. The normalized spacial score (nSPS) is 17.4. The summed E-state index contributed by atoms with van der Waals surface area (Å²) in [5, 5.41) is 9.95. The van der Waals surface area contributed by atoms with Gasteiger partial charge in [-0.3, -0.25) is 0 Å². The van der Waals surface area contributed by atoms with Gasteiger partial charge >= 0.3 is 5.97 Å². The smallest absolute Gasteiger partial charge is 0.350 e. The molecular formula is C15H11Cl2NO2. The van der Waals surface area contributed by atoms with Crippen molar-refractivity contribution in [2.45, 2.75) is 19.4 Å². The van der Waals surface area contributed by atoms with Crippen LogP contribution in [0.15, 0.2) is 35.4 Å². The lowest BCUT2D eigenvalue weighted by molar-refractivity contribution is -0.144. The maximum Gasteiger partial charge on any atom is 0.350 e. The first-order valence-electron chi connectivity index (χ1n) is 5.86. The minimum Gasteiger partial charge on any atom is -0.451 e. The van der Waals surface area contributed by atoms with Crippen molar-refractivity contribution in [3.63, 3.8) is 0 Å². The molecule has 0 atom stereocenters. The molecule has 0 saturated carbocycles. The van der Waals surface area contributed by atoms with Crippen LogP contribution in [0.2, 0.25) is 10.0 Å². The van der Waals surface area contributed by atoms with Gasteiger partial charge in [-0.2, -0.15) is 5.26 Å². The van der Waals surface area contributed by atoms with E-state index in [9.17, 15) is 4.79 Å². The fraction of sp³-hybridized carbons (Fsp3) is 0.200. The fourth-order valence-electron chi connectivity index (χ4n) is 1.93. The van der Waals surface area contributed by atoms with Crippen LogP contribution in [0.5, 0.6) is 0 Å². The number of carbonyl (C=O) groups is 1. The third-order valence-corrected chi connectivity index (χ3v) is 3.71. The number of carbonyl (C=O) groups excluding carboxylic acids is 1. The van der Waals surface area contributed by atoms with Crippen LogP contribution >= 0.6 is 23.2 Å². The molecule has 0 N–H and O–H groups in total. The molecule has 0 radical (unpaired) electrons. The number of halogens is 2. The summed E-state index contributed by atoms with van der Waals surface area (Å²) in [6.45, 7) is 3.48. The number of ether oxygens (including phenoxy) is 1. The Labute approximate surface area is 127 Å². The van der Waals surface area contributed by atoms with Crippen LogP contribution in [-0.2, 0) is 9.53 Å². The number of hydrogen-bond acceptors (Lipinski definition) is 3. The van der Waals surface area contributed by atoms with Gasteiger partial charge in [-0.05, 0) is 31.5 Å². The van der Waals surface area contributed by atoms with Crippen LogP contribution in [0, 0.1) is 11.3 Å². The van der Waals surface area contributed by atoms with Gasteiger partial charge in [-0.15, -0.1) is 0 Å². The maximum absolute atomic E-state index is 11.6. The molecule has 0 aliphatic carbocycles. The van der Waals surface area contributed by atoms with E-state index in [4.69, 9.17) is 33.2 Å². The van der Waals surface area contributed by atoms with E-state index in [2.05, 4.69) is 0 Å². The molecule has 0 bridgehead atoms. The second-order valence-corrected chi connectivity index (χ2v) is 5.62. The zero-order chi connectivity index (χ0) is 14.9. The quantitative estimate of drug-likeness (QED) is 0.771. The Balaban J connectivity index is 2.39. The van der Waals surface area contributed by atoms with Crippen molar-refractivity contribution in [3.8, 4) is 6.07 Å². The van der Waals surface area contributed by atoms with E-state index in [1.165, 1.54) is 0 Å². The van der Waals surface area contributed by atoms with Crippen molar-refractivity contribution >= 4 is 35.2 Å². The number of rotatable bonds is 2. The summed E-state index contributed by atoms with van der Waals surface area (Å²) in [6.07, 6.45) is 3.46. The Bertz CT molecular complexity index is 682. The van der Waals surface area contributed by atoms with Crippen LogP contribution in [0.3, 0.4) is 0 Å². The predicted molar refractivity (Wildman–Crippen MR) is 78.3 cm³/mol. The van der Waals surface area contributed by atoms with Crippen molar-refractivity contribution in [2.24, 2.45) is 0 Å². The molecule has 0 saturated heterocycles. The second kappa shape index (κ2) is 5.32. The molecule has 1 aliphatic heterocycles. The first-order valence-corrected chi connectivity index (χ1v) is 6.62. The SMILES string of the molecule is CC1(C)OC(=O)C(C#N)=C1/C=C/c1ccc(Cl)c(Cl)c1. The van der Waals surface area contributed by atoms with Crippen molar-refractivity contribution in [1.29, 1.82) is 5.26 Å². The highest BCUT2D eigenvalue weighted by atomic mass is 35.5. The van der Waals surface area contributed by atoms with Crippen LogP contribution in [-0.4, -0.2) is 11.6 Å². The molecule has 5 heteroatoms. The van der Waals surface area contributed by atoms with Crippen molar-refractivity contribution < 1.29 is 9.53 Å². The molecule has 0 fully saturated rings. The molecule has 102 valence electrons. The molecule has 0 aromatic heterocycles. The number of nitriles is 1. The van der Waals surface area contributed by atoms with Gasteiger partial charge in [-0.1, -0.05) is 41.4 Å². The van der Waals surface area contributed by atoms with E-state index >= 15 is 0 Å². The van der Waals surface area contributed by atoms with E-state index < -0.39 is 11.6 Å². The zero-order valence-electron chi connectivity index (χ0n) is 10.9. The topological polar surface area (TPSA) is 50.1 Å². The fourth-order valence-corrected chi connectivity index (χ4v) is 2.24. The van der Waals surface area contributed by atoms with Crippen molar-refractivity contribution in [1.82, 2.24) is 0 Å². The van der Waals surface area contributed by atoms with E-state index in [1.54, 1.807) is 44.2 Å². The van der Waals surface area contributed by atoms with E-state index in [0.717, 1.165) is 5.56 Å². The Kier molecular flexibility index (Phi) is 3.89. The van der Waals surface area contributed by atoms with E-state index in [1.807, 2.05) is 6.07 Å². The average molecular weight is 308 g/mol. The Morgan fingerprint density at radius 1 is 1.25 bits per heavy atom. The molecule has 0 unspecified atom stereocenters. The van der Waals surface area contributed by atoms with Gasteiger partial charge in [0.05, 0.1) is 10.0 Å². The van der Waals surface area contributed by atoms with Crippen molar-refractivity contribution in [2.75, 3.05) is 0 Å². The van der Waals surface area contributed by atoms with Crippen LogP contribution in [0.1, 0.15) is 19.4 Å². The molecule has 1 aromatic carbocycles. The maximum atomic E-state index is 11.6. The van der Waals surface area contributed by atoms with Crippen LogP contribution in [0.25, 0.3) is 6.08 Å². The van der Waals surface area contributed by atoms with Gasteiger partial charge in [-0.25, -0.2) is 4.79 Å². The first-order chi connectivity index (χ1) is 9.35. The number of cyclic esters (lactones) is 1. The minimum atomic E-state index is -0.811. The third kappa shape index (κ3) is 2.72. The number of nitrogens with zero attached hydrogens (tertiary/aromatic N) is 1. The summed E-state index contributed by atoms with van der Waals surface area (Å²) >= 11 is 11.8. The van der Waals surface area contributed by atoms with Gasteiger partial charge in [0.2, 0.25) is 0 Å². The monoisotopic (exact) mass is 307 g/mol. The number of benzene rings is 1. The van der Waals surface area contributed by atoms with Gasteiger partial charge in [0.1, 0.15) is 17.2 Å².